The van der Waals surface area contributed by atoms with Crippen molar-refractivity contribution in [3.8, 4) is 0 Å². The van der Waals surface area contributed by atoms with Gasteiger partial charge in [-0.15, -0.1) is 0 Å². The highest BCUT2D eigenvalue weighted by Gasteiger charge is 2.09. The molecule has 0 bridgehead atoms. The molecule has 1 aromatic carbocycles. The van der Waals surface area contributed by atoms with Crippen molar-refractivity contribution in [2.24, 2.45) is 5.73 Å². The normalized spacial score (nSPS) is 10.3. The zero-order valence-corrected chi connectivity index (χ0v) is 10.7. The Morgan fingerprint density at radius 1 is 1.24 bits per heavy atom. The van der Waals surface area contributed by atoms with Gasteiger partial charge in [-0.2, -0.15) is 0 Å². The molecule has 94 valence electrons. The molecule has 0 atom stereocenters. The average molecular weight is 235 g/mol. The predicted molar refractivity (Wildman–Crippen MR) is 69.1 cm³/mol. The second kappa shape index (κ2) is 7.07. The molecule has 0 fully saturated rings. The van der Waals surface area contributed by atoms with Crippen molar-refractivity contribution in [1.29, 1.82) is 0 Å². The van der Waals surface area contributed by atoms with E-state index >= 15 is 0 Å². The van der Waals surface area contributed by atoms with Gasteiger partial charge in [-0.3, -0.25) is 0 Å². The number of rotatable bonds is 6. The Morgan fingerprint density at radius 3 is 2.65 bits per heavy atom. The van der Waals surface area contributed by atoms with Crippen molar-refractivity contribution in [2.45, 2.75) is 33.1 Å². The third-order valence-corrected chi connectivity index (χ3v) is 2.68. The molecule has 17 heavy (non-hydrogen) atoms. The smallest absolute Gasteiger partial charge is 0.338 e. The zero-order valence-electron chi connectivity index (χ0n) is 10.7. The van der Waals surface area contributed by atoms with Gasteiger partial charge in [0.15, 0.2) is 0 Å². The lowest BCUT2D eigenvalue weighted by Crippen LogP contribution is -2.08. The molecule has 0 saturated carbocycles. The van der Waals surface area contributed by atoms with Crippen LogP contribution < -0.4 is 5.73 Å². The van der Waals surface area contributed by atoms with E-state index in [-0.39, 0.29) is 5.97 Å². The molecule has 0 aliphatic carbocycles. The minimum atomic E-state index is -0.227. The number of nitrogens with two attached hydrogens (primary N) is 1. The molecular formula is C14H21NO2. The van der Waals surface area contributed by atoms with Crippen molar-refractivity contribution < 1.29 is 9.53 Å². The molecule has 2 N–H and O–H groups in total. The van der Waals surface area contributed by atoms with Crippen LogP contribution in [0.1, 0.15) is 40.7 Å². The predicted octanol–water partition coefficient (Wildman–Crippen LogP) is 2.59. The Morgan fingerprint density at radius 2 is 2.00 bits per heavy atom. The third kappa shape index (κ3) is 4.57. The number of esters is 1. The first-order valence-electron chi connectivity index (χ1n) is 6.09. The molecule has 3 heteroatoms. The fourth-order valence-corrected chi connectivity index (χ4v) is 1.71. The molecule has 3 nitrogen and oxygen atoms in total. The summed E-state index contributed by atoms with van der Waals surface area (Å²) < 4.78 is 5.22. The quantitative estimate of drug-likeness (QED) is 0.609. The Kier molecular flexibility index (Phi) is 5.70. The van der Waals surface area contributed by atoms with Gasteiger partial charge in [-0.1, -0.05) is 17.7 Å². The number of aryl methyl sites for hydroxylation is 2. The standard InChI is InChI=1S/C14H21NO2/c1-11-6-7-13(12(2)10-11)14(16)17-9-5-3-4-8-15/h6-7,10H,3-5,8-9,15H2,1-2H3. The zero-order chi connectivity index (χ0) is 12.7. The highest BCUT2D eigenvalue weighted by atomic mass is 16.5. The van der Waals surface area contributed by atoms with Gasteiger partial charge >= 0.3 is 5.97 Å². The number of benzene rings is 1. The summed E-state index contributed by atoms with van der Waals surface area (Å²) in [5.41, 5.74) is 8.17. The molecule has 0 aliphatic rings. The van der Waals surface area contributed by atoms with Crippen LogP contribution in [-0.2, 0) is 4.74 Å². The first-order valence-corrected chi connectivity index (χ1v) is 6.09. The van der Waals surface area contributed by atoms with Gasteiger partial charge in [-0.25, -0.2) is 4.79 Å². The van der Waals surface area contributed by atoms with Crippen LogP contribution in [-0.4, -0.2) is 19.1 Å². The highest BCUT2D eigenvalue weighted by Crippen LogP contribution is 2.12. The molecule has 0 unspecified atom stereocenters. The summed E-state index contributed by atoms with van der Waals surface area (Å²) in [6.07, 6.45) is 2.88. The number of hydrogen-bond donors (Lipinski definition) is 1. The van der Waals surface area contributed by atoms with Gasteiger partial charge in [0.05, 0.1) is 12.2 Å². The van der Waals surface area contributed by atoms with Crippen molar-refractivity contribution in [3.63, 3.8) is 0 Å². The number of ether oxygens (including phenoxy) is 1. The molecule has 0 amide bonds. The van der Waals surface area contributed by atoms with Crippen LogP contribution in [0.25, 0.3) is 0 Å². The minimum Gasteiger partial charge on any atom is -0.462 e. The van der Waals surface area contributed by atoms with Crippen LogP contribution in [0.2, 0.25) is 0 Å². The largest absolute Gasteiger partial charge is 0.462 e. The van der Waals surface area contributed by atoms with Crippen LogP contribution in [0.3, 0.4) is 0 Å². The number of unbranched alkanes of at least 4 members (excludes halogenated alkanes) is 2. The topological polar surface area (TPSA) is 52.3 Å². The Labute approximate surface area is 103 Å². The lowest BCUT2D eigenvalue weighted by molar-refractivity contribution is 0.0497. The van der Waals surface area contributed by atoms with Crippen molar-refractivity contribution >= 4 is 5.97 Å². The molecule has 0 radical (unpaired) electrons. The van der Waals surface area contributed by atoms with E-state index in [9.17, 15) is 4.79 Å². The number of hydrogen-bond acceptors (Lipinski definition) is 3. The van der Waals surface area contributed by atoms with Gasteiger partial charge in [0, 0.05) is 0 Å². The summed E-state index contributed by atoms with van der Waals surface area (Å²) in [6.45, 7) is 5.12. The van der Waals surface area contributed by atoms with Crippen LogP contribution >= 0.6 is 0 Å². The molecule has 1 aromatic rings. The van der Waals surface area contributed by atoms with Crippen molar-refractivity contribution in [3.05, 3.63) is 34.9 Å². The van der Waals surface area contributed by atoms with E-state index in [0.717, 1.165) is 30.4 Å². The fraction of sp³-hybridized carbons (Fsp3) is 0.500. The fourth-order valence-electron chi connectivity index (χ4n) is 1.71. The molecule has 0 spiro atoms. The third-order valence-electron chi connectivity index (χ3n) is 2.68. The number of carbonyl (C=O) groups excluding carboxylic acids is 1. The van der Waals surface area contributed by atoms with Gasteiger partial charge in [0.25, 0.3) is 0 Å². The molecule has 0 heterocycles. The minimum absolute atomic E-state index is 0.227. The Balaban J connectivity index is 2.42. The van der Waals surface area contributed by atoms with E-state index in [0.29, 0.717) is 18.7 Å². The lowest BCUT2D eigenvalue weighted by atomic mass is 10.1. The van der Waals surface area contributed by atoms with Crippen LogP contribution in [0.5, 0.6) is 0 Å². The maximum Gasteiger partial charge on any atom is 0.338 e. The van der Waals surface area contributed by atoms with Crippen LogP contribution in [0.15, 0.2) is 18.2 Å². The van der Waals surface area contributed by atoms with Gasteiger partial charge in [0.1, 0.15) is 0 Å². The van der Waals surface area contributed by atoms with E-state index in [1.54, 1.807) is 0 Å². The summed E-state index contributed by atoms with van der Waals surface area (Å²) in [5.74, 6) is -0.227. The molecule has 0 aliphatic heterocycles. The summed E-state index contributed by atoms with van der Waals surface area (Å²) in [4.78, 5) is 11.8. The summed E-state index contributed by atoms with van der Waals surface area (Å²) in [6, 6.07) is 5.75. The van der Waals surface area contributed by atoms with Crippen LogP contribution in [0, 0.1) is 13.8 Å². The van der Waals surface area contributed by atoms with E-state index in [4.69, 9.17) is 10.5 Å². The lowest BCUT2D eigenvalue weighted by Gasteiger charge is -2.07. The Bertz CT molecular complexity index is 374. The second-order valence-electron chi connectivity index (χ2n) is 4.30. The van der Waals surface area contributed by atoms with Gasteiger partial charge in [-0.05, 0) is 51.3 Å². The van der Waals surface area contributed by atoms with Gasteiger partial charge in [0.2, 0.25) is 0 Å². The molecule has 0 saturated heterocycles. The Hall–Kier alpha value is -1.35. The summed E-state index contributed by atoms with van der Waals surface area (Å²) in [5, 5.41) is 0. The average Bonchev–Trinajstić information content (AvgIpc) is 2.28. The van der Waals surface area contributed by atoms with E-state index in [2.05, 4.69) is 0 Å². The maximum absolute atomic E-state index is 11.8. The van der Waals surface area contributed by atoms with E-state index < -0.39 is 0 Å². The van der Waals surface area contributed by atoms with Gasteiger partial charge < -0.3 is 10.5 Å². The van der Waals surface area contributed by atoms with Crippen LogP contribution in [0.4, 0.5) is 0 Å². The van der Waals surface area contributed by atoms with Crippen molar-refractivity contribution in [2.75, 3.05) is 13.2 Å². The highest BCUT2D eigenvalue weighted by molar-refractivity contribution is 5.91. The first kappa shape index (κ1) is 13.7. The number of carbonyl (C=O) groups is 1. The molecule has 1 rings (SSSR count). The first-order chi connectivity index (χ1) is 8.15. The van der Waals surface area contributed by atoms with E-state index in [1.165, 1.54) is 0 Å². The summed E-state index contributed by atoms with van der Waals surface area (Å²) in [7, 11) is 0. The maximum atomic E-state index is 11.8. The van der Waals surface area contributed by atoms with E-state index in [1.807, 2.05) is 32.0 Å². The second-order valence-corrected chi connectivity index (χ2v) is 4.30. The summed E-state index contributed by atoms with van der Waals surface area (Å²) >= 11 is 0. The van der Waals surface area contributed by atoms with Crippen molar-refractivity contribution in [1.82, 2.24) is 0 Å². The SMILES string of the molecule is Cc1ccc(C(=O)OCCCCCN)c(C)c1. The monoisotopic (exact) mass is 235 g/mol. The molecular weight excluding hydrogens is 214 g/mol. The molecule has 0 aromatic heterocycles.